The van der Waals surface area contributed by atoms with Crippen LogP contribution in [0.3, 0.4) is 0 Å². The molecule has 0 spiro atoms. The van der Waals surface area contributed by atoms with E-state index in [9.17, 15) is 0 Å². The van der Waals surface area contributed by atoms with Crippen molar-refractivity contribution >= 4 is 39.3 Å². The minimum atomic E-state index is 0.332. The van der Waals surface area contributed by atoms with Crippen LogP contribution in [0.5, 0.6) is 5.75 Å². The van der Waals surface area contributed by atoms with Crippen LogP contribution in [0.2, 0.25) is 0 Å². The topological polar surface area (TPSA) is 75.1 Å². The molecule has 3 aliphatic heterocycles. The van der Waals surface area contributed by atoms with Crippen molar-refractivity contribution in [1.82, 2.24) is 19.8 Å². The Morgan fingerprint density at radius 3 is 2.81 bits per heavy atom. The van der Waals surface area contributed by atoms with Crippen LogP contribution < -0.4 is 10.1 Å². The summed E-state index contributed by atoms with van der Waals surface area (Å²) in [6.45, 7) is 11.5. The molecule has 0 aliphatic carbocycles. The Labute approximate surface area is 216 Å². The molecule has 0 bridgehead atoms. The first-order valence-corrected chi connectivity index (χ1v) is 13.7. The van der Waals surface area contributed by atoms with Gasteiger partial charge in [0, 0.05) is 37.3 Å². The van der Waals surface area contributed by atoms with Crippen molar-refractivity contribution in [3.63, 3.8) is 0 Å². The Morgan fingerprint density at radius 1 is 1.14 bits per heavy atom. The number of methoxy groups -OCH3 is 1. The van der Waals surface area contributed by atoms with E-state index in [1.165, 1.54) is 22.4 Å². The number of rotatable bonds is 7. The number of thiophene rings is 1. The smallest absolute Gasteiger partial charge is 0.142 e. The summed E-state index contributed by atoms with van der Waals surface area (Å²) in [6, 6.07) is 4.18. The van der Waals surface area contributed by atoms with Gasteiger partial charge in [0.1, 0.15) is 22.7 Å². The van der Waals surface area contributed by atoms with E-state index in [2.05, 4.69) is 56.1 Å². The van der Waals surface area contributed by atoms with E-state index in [0.29, 0.717) is 18.8 Å². The van der Waals surface area contributed by atoms with Crippen LogP contribution in [0, 0.1) is 0 Å². The summed E-state index contributed by atoms with van der Waals surface area (Å²) in [5.74, 6) is 1.67. The lowest BCUT2D eigenvalue weighted by Crippen LogP contribution is -2.46. The van der Waals surface area contributed by atoms with Gasteiger partial charge in [-0.1, -0.05) is 0 Å². The second-order valence-electron chi connectivity index (χ2n) is 10.1. The molecule has 2 aromatic heterocycles. The molecule has 0 radical (unpaired) electrons. The van der Waals surface area contributed by atoms with E-state index in [-0.39, 0.29) is 0 Å². The van der Waals surface area contributed by atoms with Crippen LogP contribution >= 0.6 is 11.3 Å². The van der Waals surface area contributed by atoms with Crippen LogP contribution in [0.15, 0.2) is 23.5 Å². The molecule has 9 heteroatoms. The van der Waals surface area contributed by atoms with E-state index in [4.69, 9.17) is 9.47 Å². The highest BCUT2D eigenvalue weighted by Crippen LogP contribution is 2.40. The molecule has 3 aromatic rings. The van der Waals surface area contributed by atoms with Gasteiger partial charge in [0.2, 0.25) is 0 Å². The number of nitrogens with zero attached hydrogens (tertiary/aromatic N) is 5. The third-order valence-electron chi connectivity index (χ3n) is 7.37. The van der Waals surface area contributed by atoms with E-state index in [1.54, 1.807) is 13.4 Å². The lowest BCUT2D eigenvalue weighted by atomic mass is 10.0. The third-order valence-corrected chi connectivity index (χ3v) is 8.49. The summed E-state index contributed by atoms with van der Waals surface area (Å²) in [4.78, 5) is 21.3. The number of hydrogen-bond acceptors (Lipinski definition) is 9. The molecule has 1 aromatic carbocycles. The number of aromatic nitrogens is 2. The molecule has 3 aliphatic rings. The van der Waals surface area contributed by atoms with Gasteiger partial charge in [-0.3, -0.25) is 14.8 Å². The van der Waals surface area contributed by atoms with Crippen molar-refractivity contribution in [3.8, 4) is 5.75 Å². The van der Waals surface area contributed by atoms with Crippen molar-refractivity contribution in [2.75, 3.05) is 45.2 Å². The summed E-state index contributed by atoms with van der Waals surface area (Å²) in [7, 11) is 1.71. The zero-order valence-corrected chi connectivity index (χ0v) is 22.1. The fourth-order valence-corrected chi connectivity index (χ4v) is 7.01. The maximum absolute atomic E-state index is 5.88. The van der Waals surface area contributed by atoms with E-state index in [0.717, 1.165) is 78.7 Å². The predicted octanol–water partition coefficient (Wildman–Crippen LogP) is 4.23. The first-order valence-electron chi connectivity index (χ1n) is 12.9. The Kier molecular flexibility index (Phi) is 6.64. The second-order valence-corrected chi connectivity index (χ2v) is 11.2. The fourth-order valence-electron chi connectivity index (χ4n) is 5.78. The van der Waals surface area contributed by atoms with Gasteiger partial charge in [-0.25, -0.2) is 9.97 Å². The molecule has 36 heavy (non-hydrogen) atoms. The van der Waals surface area contributed by atoms with Crippen molar-refractivity contribution in [2.45, 2.75) is 52.0 Å². The van der Waals surface area contributed by atoms with Crippen molar-refractivity contribution in [2.24, 2.45) is 4.99 Å². The van der Waals surface area contributed by atoms with Gasteiger partial charge in [-0.2, -0.15) is 0 Å². The quantitative estimate of drug-likeness (QED) is 0.514. The number of hydrogen-bond donors (Lipinski definition) is 1. The Hall–Kier alpha value is -2.59. The number of aliphatic imine (C=N–C) groups is 1. The molecule has 1 saturated heterocycles. The van der Waals surface area contributed by atoms with Gasteiger partial charge < -0.3 is 14.8 Å². The van der Waals surface area contributed by atoms with E-state index in [1.807, 2.05) is 17.6 Å². The van der Waals surface area contributed by atoms with Crippen molar-refractivity contribution < 1.29 is 9.47 Å². The van der Waals surface area contributed by atoms with Gasteiger partial charge in [-0.15, -0.1) is 11.3 Å². The number of benzene rings is 1. The Morgan fingerprint density at radius 2 is 1.97 bits per heavy atom. The lowest BCUT2D eigenvalue weighted by Gasteiger charge is -2.36. The van der Waals surface area contributed by atoms with Crippen LogP contribution in [0.25, 0.3) is 10.2 Å². The Balaban J connectivity index is 1.17. The first kappa shape index (κ1) is 23.8. The van der Waals surface area contributed by atoms with Gasteiger partial charge >= 0.3 is 0 Å². The van der Waals surface area contributed by atoms with Gasteiger partial charge in [-0.05, 0) is 68.6 Å². The molecule has 6 rings (SSSR count). The van der Waals surface area contributed by atoms with Gasteiger partial charge in [0.25, 0.3) is 0 Å². The zero-order chi connectivity index (χ0) is 24.6. The fraction of sp³-hybridized carbons (Fsp3) is 0.519. The molecule has 2 atom stereocenters. The minimum absolute atomic E-state index is 0.332. The predicted molar refractivity (Wildman–Crippen MR) is 145 cm³/mol. The highest BCUT2D eigenvalue weighted by Gasteiger charge is 2.25. The van der Waals surface area contributed by atoms with Crippen LogP contribution in [-0.4, -0.2) is 78.0 Å². The van der Waals surface area contributed by atoms with Crippen molar-refractivity contribution in [3.05, 3.63) is 40.0 Å². The van der Waals surface area contributed by atoms with Crippen LogP contribution in [0.1, 0.15) is 41.8 Å². The molecule has 1 fully saturated rings. The van der Waals surface area contributed by atoms with Crippen molar-refractivity contribution in [1.29, 1.82) is 0 Å². The molecule has 190 valence electrons. The monoisotopic (exact) mass is 506 g/mol. The van der Waals surface area contributed by atoms with E-state index >= 15 is 0 Å². The highest BCUT2D eigenvalue weighted by molar-refractivity contribution is 7.19. The zero-order valence-electron chi connectivity index (χ0n) is 21.3. The maximum Gasteiger partial charge on any atom is 0.142 e. The average molecular weight is 507 g/mol. The number of fused-ring (bicyclic) bond motifs is 4. The van der Waals surface area contributed by atoms with Crippen LogP contribution in [-0.2, 0) is 24.2 Å². The summed E-state index contributed by atoms with van der Waals surface area (Å²) >= 11 is 1.81. The number of ether oxygens (including phenoxy) is 2. The normalized spacial score (nSPS) is 22.1. The molecule has 0 amide bonds. The molecular formula is C27H34N6O2S. The molecule has 8 nitrogen and oxygen atoms in total. The largest absolute Gasteiger partial charge is 0.495 e. The lowest BCUT2D eigenvalue weighted by molar-refractivity contribution is -0.0684. The highest BCUT2D eigenvalue weighted by atomic mass is 32.1. The molecule has 0 unspecified atom stereocenters. The molecule has 5 heterocycles. The summed E-state index contributed by atoms with van der Waals surface area (Å²) in [5, 5.41) is 4.72. The van der Waals surface area contributed by atoms with Gasteiger partial charge in [0.05, 0.1) is 36.9 Å². The Bertz CT molecular complexity index is 1280. The number of anilines is 2. The summed E-state index contributed by atoms with van der Waals surface area (Å²) in [6.07, 6.45) is 6.47. The second kappa shape index (κ2) is 10.0. The first-order chi connectivity index (χ1) is 17.6. The van der Waals surface area contributed by atoms with Crippen LogP contribution in [0.4, 0.5) is 11.5 Å². The summed E-state index contributed by atoms with van der Waals surface area (Å²) in [5.41, 5.74) is 4.63. The summed E-state index contributed by atoms with van der Waals surface area (Å²) < 4.78 is 11.6. The average Bonchev–Trinajstić information content (AvgIpc) is 3.46. The molecular weight excluding hydrogens is 472 g/mol. The molecule has 0 saturated carbocycles. The SMILES string of the molecule is COc1cc2c(cc1Nc1ncnc3sc4c(c13)CCN(CCCN1C[C@@H](C)O[C@@H](C)C1)C4)C=NC2. The number of nitrogens with one attached hydrogen (secondary N) is 1. The maximum atomic E-state index is 5.88. The number of morpholine rings is 1. The third kappa shape index (κ3) is 4.72. The standard InChI is InChI=1S/C27H34N6O2S/c1-17-13-33(14-18(2)35-17)7-4-6-32-8-5-21-24(15-32)36-27-25(21)26(29-16-30-27)31-22-9-19-11-28-12-20(19)10-23(22)34-3/h9-11,16-18H,4-8,12-15H2,1-3H3,(H,29,30,31)/t17-,18+. The minimum Gasteiger partial charge on any atom is -0.495 e. The molecule has 1 N–H and O–H groups in total. The van der Waals surface area contributed by atoms with Gasteiger partial charge in [0.15, 0.2) is 0 Å². The van der Waals surface area contributed by atoms with E-state index < -0.39 is 0 Å².